The summed E-state index contributed by atoms with van der Waals surface area (Å²) in [4.78, 5) is 4.20. The molecule has 0 aliphatic rings. The summed E-state index contributed by atoms with van der Waals surface area (Å²) < 4.78 is 5.04. The van der Waals surface area contributed by atoms with Gasteiger partial charge >= 0.3 is 0 Å². The minimum atomic E-state index is -0.810. The number of aliphatic hydroxyl groups is 1. The predicted molar refractivity (Wildman–Crippen MR) is 73.9 cm³/mol. The highest BCUT2D eigenvalue weighted by atomic mass is 16.5. The Morgan fingerprint density at radius 3 is 2.58 bits per heavy atom. The maximum absolute atomic E-state index is 10.2. The highest BCUT2D eigenvalue weighted by Crippen LogP contribution is 2.18. The summed E-state index contributed by atoms with van der Waals surface area (Å²) in [7, 11) is 1.54. The fraction of sp³-hybridized carbons (Fsp3) is 0.267. The second-order valence-electron chi connectivity index (χ2n) is 4.40. The molecule has 4 heteroatoms. The predicted octanol–water partition coefficient (Wildman–Crippen LogP) is 1.69. The number of hydrogen-bond donors (Lipinski definition) is 2. The first kappa shape index (κ1) is 13.5. The van der Waals surface area contributed by atoms with E-state index in [-0.39, 0.29) is 0 Å². The molecule has 3 N–H and O–H groups in total. The standard InChI is InChI=1S/C15H18N2O2/c1-19-14-9-5-8-13(17-14)15(18)12(16)10-11-6-3-2-4-7-11/h2-9,12,15,18H,10,16H2,1H3. The molecule has 0 radical (unpaired) electrons. The zero-order chi connectivity index (χ0) is 13.7. The number of pyridine rings is 1. The minimum Gasteiger partial charge on any atom is -0.481 e. The van der Waals surface area contributed by atoms with E-state index in [4.69, 9.17) is 10.5 Å². The second kappa shape index (κ2) is 6.31. The molecule has 2 aromatic rings. The molecule has 2 rings (SSSR count). The SMILES string of the molecule is COc1cccc(C(O)C(N)Cc2ccccc2)n1. The lowest BCUT2D eigenvalue weighted by atomic mass is 10.00. The Morgan fingerprint density at radius 1 is 1.16 bits per heavy atom. The second-order valence-corrected chi connectivity index (χ2v) is 4.40. The maximum Gasteiger partial charge on any atom is 0.213 e. The van der Waals surface area contributed by atoms with E-state index in [2.05, 4.69) is 4.98 Å². The van der Waals surface area contributed by atoms with Crippen LogP contribution in [0.25, 0.3) is 0 Å². The molecular weight excluding hydrogens is 240 g/mol. The topological polar surface area (TPSA) is 68.4 Å². The molecule has 1 aromatic carbocycles. The molecule has 4 nitrogen and oxygen atoms in total. The molecule has 0 aliphatic heterocycles. The fourth-order valence-electron chi connectivity index (χ4n) is 1.93. The molecule has 0 spiro atoms. The summed E-state index contributed by atoms with van der Waals surface area (Å²) in [5.74, 6) is 0.475. The highest BCUT2D eigenvalue weighted by molar-refractivity contribution is 5.20. The normalized spacial score (nSPS) is 13.8. The number of ether oxygens (including phenoxy) is 1. The van der Waals surface area contributed by atoms with E-state index in [0.29, 0.717) is 18.0 Å². The van der Waals surface area contributed by atoms with E-state index in [1.165, 1.54) is 0 Å². The van der Waals surface area contributed by atoms with E-state index in [9.17, 15) is 5.11 Å². The number of nitrogens with two attached hydrogens (primary N) is 1. The molecule has 0 aliphatic carbocycles. The van der Waals surface area contributed by atoms with Gasteiger partial charge in [-0.1, -0.05) is 36.4 Å². The zero-order valence-electron chi connectivity index (χ0n) is 10.9. The van der Waals surface area contributed by atoms with Crippen LogP contribution in [0, 0.1) is 0 Å². The number of methoxy groups -OCH3 is 1. The van der Waals surface area contributed by atoms with E-state index < -0.39 is 12.1 Å². The van der Waals surface area contributed by atoms with Crippen LogP contribution >= 0.6 is 0 Å². The average molecular weight is 258 g/mol. The van der Waals surface area contributed by atoms with Gasteiger partial charge in [0.05, 0.1) is 12.8 Å². The molecule has 0 fully saturated rings. The van der Waals surface area contributed by atoms with Crippen molar-refractivity contribution in [1.82, 2.24) is 4.98 Å². The van der Waals surface area contributed by atoms with Gasteiger partial charge in [-0.2, -0.15) is 0 Å². The van der Waals surface area contributed by atoms with Crippen LogP contribution in [0.2, 0.25) is 0 Å². The third-order valence-corrected chi connectivity index (χ3v) is 2.98. The van der Waals surface area contributed by atoms with Gasteiger partial charge in [0, 0.05) is 12.1 Å². The van der Waals surface area contributed by atoms with Crippen molar-refractivity contribution >= 4 is 0 Å². The van der Waals surface area contributed by atoms with Crippen LogP contribution in [-0.2, 0) is 6.42 Å². The van der Waals surface area contributed by atoms with Gasteiger partial charge in [-0.15, -0.1) is 0 Å². The number of hydrogen-bond acceptors (Lipinski definition) is 4. The average Bonchev–Trinajstić information content (AvgIpc) is 2.47. The van der Waals surface area contributed by atoms with Crippen LogP contribution in [-0.4, -0.2) is 23.2 Å². The molecule has 2 atom stereocenters. The van der Waals surface area contributed by atoms with Gasteiger partial charge in [-0.3, -0.25) is 0 Å². The van der Waals surface area contributed by atoms with Crippen molar-refractivity contribution in [2.75, 3.05) is 7.11 Å². The number of nitrogens with zero attached hydrogens (tertiary/aromatic N) is 1. The van der Waals surface area contributed by atoms with Crippen LogP contribution < -0.4 is 10.5 Å². The Bertz CT molecular complexity index is 517. The van der Waals surface area contributed by atoms with E-state index in [1.807, 2.05) is 30.3 Å². The molecule has 1 heterocycles. The van der Waals surface area contributed by atoms with Gasteiger partial charge in [0.1, 0.15) is 6.10 Å². The molecule has 0 bridgehead atoms. The summed E-state index contributed by atoms with van der Waals surface area (Å²) in [6, 6.07) is 14.7. The van der Waals surface area contributed by atoms with Gasteiger partial charge in [-0.25, -0.2) is 4.98 Å². The Balaban J connectivity index is 2.08. The third-order valence-electron chi connectivity index (χ3n) is 2.98. The van der Waals surface area contributed by atoms with Crippen LogP contribution in [0.4, 0.5) is 0 Å². The molecule has 19 heavy (non-hydrogen) atoms. The summed E-state index contributed by atoms with van der Waals surface area (Å²) in [6.45, 7) is 0. The lowest BCUT2D eigenvalue weighted by Crippen LogP contribution is -2.31. The Kier molecular flexibility index (Phi) is 4.49. The van der Waals surface area contributed by atoms with Crippen molar-refractivity contribution in [1.29, 1.82) is 0 Å². The molecule has 0 saturated heterocycles. The summed E-state index contributed by atoms with van der Waals surface area (Å²) >= 11 is 0. The zero-order valence-corrected chi connectivity index (χ0v) is 10.9. The summed E-state index contributed by atoms with van der Waals surface area (Å²) in [5.41, 5.74) is 7.67. The number of rotatable bonds is 5. The van der Waals surface area contributed by atoms with Crippen LogP contribution in [0.1, 0.15) is 17.4 Å². The monoisotopic (exact) mass is 258 g/mol. The first-order chi connectivity index (χ1) is 9.20. The first-order valence-electron chi connectivity index (χ1n) is 6.19. The maximum atomic E-state index is 10.2. The quantitative estimate of drug-likeness (QED) is 0.856. The van der Waals surface area contributed by atoms with Gasteiger partial charge < -0.3 is 15.6 Å². The molecule has 1 aromatic heterocycles. The lowest BCUT2D eigenvalue weighted by Gasteiger charge is -2.18. The van der Waals surface area contributed by atoms with Crippen molar-refractivity contribution in [3.05, 3.63) is 59.8 Å². The third kappa shape index (κ3) is 3.53. The van der Waals surface area contributed by atoms with Gasteiger partial charge in [0.25, 0.3) is 0 Å². The summed E-state index contributed by atoms with van der Waals surface area (Å²) in [6.07, 6.45) is -0.212. The molecule has 0 saturated carbocycles. The van der Waals surface area contributed by atoms with E-state index in [1.54, 1.807) is 25.3 Å². The van der Waals surface area contributed by atoms with Crippen molar-refractivity contribution < 1.29 is 9.84 Å². The minimum absolute atomic E-state index is 0.401. The van der Waals surface area contributed by atoms with Crippen molar-refractivity contribution in [2.45, 2.75) is 18.6 Å². The van der Waals surface area contributed by atoms with Crippen molar-refractivity contribution in [3.63, 3.8) is 0 Å². The van der Waals surface area contributed by atoms with Crippen LogP contribution in [0.5, 0.6) is 5.88 Å². The molecule has 0 amide bonds. The van der Waals surface area contributed by atoms with Crippen molar-refractivity contribution in [2.24, 2.45) is 5.73 Å². The first-order valence-corrected chi connectivity index (χ1v) is 6.19. The van der Waals surface area contributed by atoms with E-state index in [0.717, 1.165) is 5.56 Å². The van der Waals surface area contributed by atoms with Crippen molar-refractivity contribution in [3.8, 4) is 5.88 Å². The highest BCUT2D eigenvalue weighted by Gasteiger charge is 2.19. The number of benzene rings is 1. The number of aromatic nitrogens is 1. The fourth-order valence-corrected chi connectivity index (χ4v) is 1.93. The summed E-state index contributed by atoms with van der Waals surface area (Å²) in [5, 5.41) is 10.2. The van der Waals surface area contributed by atoms with Gasteiger partial charge in [0.2, 0.25) is 5.88 Å². The van der Waals surface area contributed by atoms with Gasteiger partial charge in [0.15, 0.2) is 0 Å². The Labute approximate surface area is 112 Å². The molecule has 100 valence electrons. The molecule has 2 unspecified atom stereocenters. The smallest absolute Gasteiger partial charge is 0.213 e. The number of aliphatic hydroxyl groups excluding tert-OH is 1. The van der Waals surface area contributed by atoms with Gasteiger partial charge in [-0.05, 0) is 18.1 Å². The van der Waals surface area contributed by atoms with Crippen LogP contribution in [0.3, 0.4) is 0 Å². The van der Waals surface area contributed by atoms with Crippen LogP contribution in [0.15, 0.2) is 48.5 Å². The lowest BCUT2D eigenvalue weighted by molar-refractivity contribution is 0.141. The largest absolute Gasteiger partial charge is 0.481 e. The Hall–Kier alpha value is -1.91. The Morgan fingerprint density at radius 2 is 1.89 bits per heavy atom. The molecular formula is C15H18N2O2. The van der Waals surface area contributed by atoms with E-state index >= 15 is 0 Å².